The van der Waals surface area contributed by atoms with Gasteiger partial charge in [-0.1, -0.05) is 12.1 Å². The van der Waals surface area contributed by atoms with Crippen LogP contribution in [0.1, 0.15) is 5.56 Å². The third kappa shape index (κ3) is 4.74. The summed E-state index contributed by atoms with van der Waals surface area (Å²) < 4.78 is 5.04. The summed E-state index contributed by atoms with van der Waals surface area (Å²) >= 11 is 5.24. The van der Waals surface area contributed by atoms with Crippen LogP contribution in [0, 0.1) is 0 Å². The molecule has 1 aromatic rings. The number of carbonyl (C=O) groups excluding carboxylic acids is 2. The lowest BCUT2D eigenvalue weighted by Gasteiger charge is -2.07. The van der Waals surface area contributed by atoms with Gasteiger partial charge in [-0.2, -0.15) is 0 Å². The molecule has 1 aromatic carbocycles. The first-order chi connectivity index (χ1) is 8.15. The Morgan fingerprint density at radius 3 is 2.82 bits per heavy atom. The zero-order chi connectivity index (χ0) is 12.7. The van der Waals surface area contributed by atoms with Gasteiger partial charge in [0, 0.05) is 6.54 Å². The van der Waals surface area contributed by atoms with Gasteiger partial charge in [-0.25, -0.2) is 4.79 Å². The van der Waals surface area contributed by atoms with Gasteiger partial charge in [-0.3, -0.25) is 10.1 Å². The Morgan fingerprint density at radius 1 is 1.41 bits per heavy atom. The molecule has 0 aliphatic heterocycles. The first kappa shape index (κ1) is 13.3. The number of rotatable bonds is 4. The van der Waals surface area contributed by atoms with E-state index in [1.165, 1.54) is 0 Å². The number of ether oxygens (including phenoxy) is 1. The summed E-state index contributed by atoms with van der Waals surface area (Å²) in [7, 11) is 1.57. The minimum atomic E-state index is -0.571. The first-order valence-electron chi connectivity index (χ1n) is 4.92. The third-order valence-electron chi connectivity index (χ3n) is 1.96. The number of hydrogen-bond acceptors (Lipinski definition) is 3. The maximum absolute atomic E-state index is 11.2. The highest BCUT2D eigenvalue weighted by Gasteiger charge is 2.05. The molecule has 1 rings (SSSR count). The Balaban J connectivity index is 2.44. The molecule has 0 aliphatic rings. The normalized spacial score (nSPS) is 9.53. The third-order valence-corrected chi connectivity index (χ3v) is 2.20. The molecule has 2 N–H and O–H groups in total. The Labute approximate surface area is 104 Å². The molecule has 6 heteroatoms. The van der Waals surface area contributed by atoms with Gasteiger partial charge in [0.2, 0.25) is 5.91 Å². The summed E-state index contributed by atoms with van der Waals surface area (Å²) in [6.07, 6.45) is 0. The van der Waals surface area contributed by atoms with Crippen molar-refractivity contribution in [1.29, 1.82) is 0 Å². The van der Waals surface area contributed by atoms with Crippen LogP contribution >= 0.6 is 11.6 Å². The number of methoxy groups -OCH3 is 1. The molecule has 0 fully saturated rings. The van der Waals surface area contributed by atoms with E-state index in [1.54, 1.807) is 19.2 Å². The fraction of sp³-hybridized carbons (Fsp3) is 0.273. The second-order valence-electron chi connectivity index (χ2n) is 3.22. The molecule has 17 heavy (non-hydrogen) atoms. The van der Waals surface area contributed by atoms with E-state index in [0.717, 1.165) is 5.56 Å². The lowest BCUT2D eigenvalue weighted by atomic mass is 10.2. The first-order valence-corrected chi connectivity index (χ1v) is 5.45. The van der Waals surface area contributed by atoms with E-state index in [0.29, 0.717) is 12.3 Å². The Bertz CT molecular complexity index is 409. The van der Waals surface area contributed by atoms with Crippen LogP contribution in [0.15, 0.2) is 24.3 Å². The summed E-state index contributed by atoms with van der Waals surface area (Å²) in [5.41, 5.74) is 0.873. The number of hydrogen-bond donors (Lipinski definition) is 2. The molecule has 0 saturated carbocycles. The quantitative estimate of drug-likeness (QED) is 0.797. The van der Waals surface area contributed by atoms with Crippen molar-refractivity contribution in [3.63, 3.8) is 0 Å². The molecular formula is C11H13ClN2O3. The van der Waals surface area contributed by atoms with Crippen molar-refractivity contribution in [3.8, 4) is 5.75 Å². The molecule has 5 nitrogen and oxygen atoms in total. The lowest BCUT2D eigenvalue weighted by Crippen LogP contribution is -2.39. The molecular weight excluding hydrogens is 244 g/mol. The van der Waals surface area contributed by atoms with Crippen molar-refractivity contribution in [2.45, 2.75) is 6.54 Å². The van der Waals surface area contributed by atoms with Crippen LogP contribution in [-0.4, -0.2) is 24.9 Å². The van der Waals surface area contributed by atoms with E-state index in [9.17, 15) is 9.59 Å². The van der Waals surface area contributed by atoms with Gasteiger partial charge in [0.15, 0.2) is 0 Å². The maximum Gasteiger partial charge on any atom is 0.321 e. The summed E-state index contributed by atoms with van der Waals surface area (Å²) in [5.74, 6) is -0.0663. The molecule has 0 aromatic heterocycles. The highest BCUT2D eigenvalue weighted by molar-refractivity contribution is 6.28. The van der Waals surface area contributed by atoms with Crippen LogP contribution in [0.25, 0.3) is 0 Å². The average Bonchev–Trinajstić information content (AvgIpc) is 2.36. The number of benzene rings is 1. The van der Waals surface area contributed by atoms with E-state index >= 15 is 0 Å². The van der Waals surface area contributed by atoms with Crippen LogP contribution in [0.3, 0.4) is 0 Å². The minimum Gasteiger partial charge on any atom is -0.497 e. The average molecular weight is 257 g/mol. The Morgan fingerprint density at radius 2 is 2.18 bits per heavy atom. The fourth-order valence-electron chi connectivity index (χ4n) is 1.17. The minimum absolute atomic E-state index is 0.243. The number of halogens is 1. The van der Waals surface area contributed by atoms with Gasteiger partial charge >= 0.3 is 6.03 Å². The number of nitrogens with one attached hydrogen (secondary N) is 2. The number of urea groups is 1. The zero-order valence-electron chi connectivity index (χ0n) is 9.33. The number of amides is 3. The molecule has 92 valence electrons. The Kier molecular flexibility index (Phi) is 5.29. The van der Waals surface area contributed by atoms with E-state index in [4.69, 9.17) is 16.3 Å². The molecule has 0 aliphatic carbocycles. The summed E-state index contributed by atoms with van der Waals surface area (Å²) in [4.78, 5) is 22.0. The molecule has 0 heterocycles. The van der Waals surface area contributed by atoms with Crippen molar-refractivity contribution in [3.05, 3.63) is 29.8 Å². The van der Waals surface area contributed by atoms with Crippen molar-refractivity contribution < 1.29 is 14.3 Å². The second-order valence-corrected chi connectivity index (χ2v) is 3.48. The van der Waals surface area contributed by atoms with Crippen molar-refractivity contribution in [2.24, 2.45) is 0 Å². The predicted molar refractivity (Wildman–Crippen MR) is 64.1 cm³/mol. The van der Waals surface area contributed by atoms with E-state index in [-0.39, 0.29) is 5.88 Å². The van der Waals surface area contributed by atoms with Gasteiger partial charge in [0.05, 0.1) is 7.11 Å². The zero-order valence-corrected chi connectivity index (χ0v) is 10.1. The van der Waals surface area contributed by atoms with Gasteiger partial charge < -0.3 is 10.1 Å². The SMILES string of the molecule is COc1cccc(CNC(=O)NC(=O)CCl)c1. The van der Waals surface area contributed by atoms with Crippen molar-refractivity contribution in [1.82, 2.24) is 10.6 Å². The second kappa shape index (κ2) is 6.75. The summed E-state index contributed by atoms with van der Waals surface area (Å²) in [6, 6.07) is 6.69. The van der Waals surface area contributed by atoms with Gasteiger partial charge in [-0.15, -0.1) is 11.6 Å². The molecule has 0 unspecified atom stereocenters. The molecule has 0 bridgehead atoms. The smallest absolute Gasteiger partial charge is 0.321 e. The highest BCUT2D eigenvalue weighted by Crippen LogP contribution is 2.11. The van der Waals surface area contributed by atoms with Crippen LogP contribution in [-0.2, 0) is 11.3 Å². The van der Waals surface area contributed by atoms with Gasteiger partial charge in [0.25, 0.3) is 0 Å². The van der Waals surface area contributed by atoms with Gasteiger partial charge in [-0.05, 0) is 17.7 Å². The summed E-state index contributed by atoms with van der Waals surface area (Å²) in [5, 5.41) is 4.61. The molecule has 0 atom stereocenters. The van der Waals surface area contributed by atoms with Crippen molar-refractivity contribution in [2.75, 3.05) is 13.0 Å². The standard InChI is InChI=1S/C11H13ClN2O3/c1-17-9-4-2-3-8(5-9)7-13-11(16)14-10(15)6-12/h2-5H,6-7H2,1H3,(H2,13,14,15,16). The lowest BCUT2D eigenvalue weighted by molar-refractivity contribution is -0.117. The largest absolute Gasteiger partial charge is 0.497 e. The van der Waals surface area contributed by atoms with E-state index in [2.05, 4.69) is 10.6 Å². The van der Waals surface area contributed by atoms with Gasteiger partial charge in [0.1, 0.15) is 11.6 Å². The predicted octanol–water partition coefficient (Wildman–Crippen LogP) is 1.26. The van der Waals surface area contributed by atoms with Crippen LogP contribution in [0.2, 0.25) is 0 Å². The van der Waals surface area contributed by atoms with Crippen LogP contribution in [0.4, 0.5) is 4.79 Å². The topological polar surface area (TPSA) is 67.4 Å². The van der Waals surface area contributed by atoms with Crippen LogP contribution < -0.4 is 15.4 Å². The summed E-state index contributed by atoms with van der Waals surface area (Å²) in [6.45, 7) is 0.304. The number of carbonyl (C=O) groups is 2. The monoisotopic (exact) mass is 256 g/mol. The maximum atomic E-state index is 11.2. The molecule has 0 saturated heterocycles. The highest BCUT2D eigenvalue weighted by atomic mass is 35.5. The Hall–Kier alpha value is -1.75. The molecule has 3 amide bonds. The number of imide groups is 1. The van der Waals surface area contributed by atoms with E-state index in [1.807, 2.05) is 12.1 Å². The van der Waals surface area contributed by atoms with Crippen molar-refractivity contribution >= 4 is 23.5 Å². The van der Waals surface area contributed by atoms with E-state index < -0.39 is 11.9 Å². The van der Waals surface area contributed by atoms with Crippen LogP contribution in [0.5, 0.6) is 5.75 Å². The number of alkyl halides is 1. The fourth-order valence-corrected chi connectivity index (χ4v) is 1.24. The molecule has 0 radical (unpaired) electrons. The molecule has 0 spiro atoms.